The number of nitrogens with zero attached hydrogens (tertiary/aromatic N) is 2. The molecule has 0 bridgehead atoms. The second-order valence-corrected chi connectivity index (χ2v) is 7.49. The van der Waals surface area contributed by atoms with Crippen LogP contribution in [-0.4, -0.2) is 45.4 Å². The highest BCUT2D eigenvalue weighted by Gasteiger charge is 2.38. The van der Waals surface area contributed by atoms with Crippen molar-refractivity contribution < 1.29 is 19.5 Å². The van der Waals surface area contributed by atoms with Crippen molar-refractivity contribution in [1.29, 1.82) is 0 Å². The maximum absolute atomic E-state index is 12.7. The van der Waals surface area contributed by atoms with Crippen molar-refractivity contribution in [2.75, 3.05) is 7.05 Å². The molecule has 1 saturated heterocycles. The van der Waals surface area contributed by atoms with Gasteiger partial charge in [-0.3, -0.25) is 19.4 Å². The molecule has 2 heterocycles. The summed E-state index contributed by atoms with van der Waals surface area (Å²) in [5.41, 5.74) is 0.461. The average Bonchev–Trinajstić information content (AvgIpc) is 3.06. The first-order chi connectivity index (χ1) is 13.4. The lowest BCUT2D eigenvalue weighted by atomic mass is 9.86. The average molecular weight is 383 g/mol. The summed E-state index contributed by atoms with van der Waals surface area (Å²) in [7, 11) is 1.76. The zero-order valence-corrected chi connectivity index (χ0v) is 16.0. The molecule has 7 nitrogen and oxygen atoms in total. The number of benzene rings is 1. The molecule has 0 aliphatic carbocycles. The van der Waals surface area contributed by atoms with E-state index in [0.717, 1.165) is 16.3 Å². The van der Waals surface area contributed by atoms with Crippen LogP contribution in [0.1, 0.15) is 44.1 Å². The number of amides is 2. The summed E-state index contributed by atoms with van der Waals surface area (Å²) in [5.74, 6) is -0.994. The molecule has 1 fully saturated rings. The van der Waals surface area contributed by atoms with Gasteiger partial charge in [0.2, 0.25) is 11.8 Å². The maximum atomic E-state index is 12.7. The number of pyridine rings is 1. The van der Waals surface area contributed by atoms with Crippen LogP contribution in [-0.2, 0) is 20.9 Å². The fourth-order valence-corrected chi connectivity index (χ4v) is 3.83. The Labute approximate surface area is 163 Å². The quantitative estimate of drug-likeness (QED) is 0.730. The smallest absolute Gasteiger partial charge is 0.303 e. The van der Waals surface area contributed by atoms with Crippen molar-refractivity contribution >= 4 is 28.6 Å². The van der Waals surface area contributed by atoms with E-state index >= 15 is 0 Å². The zero-order chi connectivity index (χ0) is 20.1. The lowest BCUT2D eigenvalue weighted by Gasteiger charge is -2.29. The number of hydrogen-bond donors (Lipinski definition) is 2. The number of aromatic nitrogens is 1. The highest BCUT2D eigenvalue weighted by molar-refractivity contribution is 5.85. The van der Waals surface area contributed by atoms with Gasteiger partial charge in [-0.25, -0.2) is 0 Å². The van der Waals surface area contributed by atoms with E-state index in [-0.39, 0.29) is 24.7 Å². The Morgan fingerprint density at radius 1 is 1.25 bits per heavy atom. The highest BCUT2D eigenvalue weighted by atomic mass is 16.4. The lowest BCUT2D eigenvalue weighted by molar-refractivity contribution is -0.137. The summed E-state index contributed by atoms with van der Waals surface area (Å²) in [6.07, 6.45) is 5.55. The van der Waals surface area contributed by atoms with Crippen LogP contribution in [0.3, 0.4) is 0 Å². The Kier molecular flexibility index (Phi) is 5.92. The molecule has 148 valence electrons. The van der Waals surface area contributed by atoms with E-state index in [1.165, 1.54) is 0 Å². The second-order valence-electron chi connectivity index (χ2n) is 7.49. The van der Waals surface area contributed by atoms with Gasteiger partial charge in [0.15, 0.2) is 0 Å². The molecule has 0 unspecified atom stereocenters. The van der Waals surface area contributed by atoms with Crippen molar-refractivity contribution in [1.82, 2.24) is 15.2 Å². The fourth-order valence-electron chi connectivity index (χ4n) is 3.83. The van der Waals surface area contributed by atoms with E-state index in [0.29, 0.717) is 32.2 Å². The van der Waals surface area contributed by atoms with Crippen molar-refractivity contribution in [2.45, 2.75) is 50.6 Å². The molecule has 1 aromatic heterocycles. The van der Waals surface area contributed by atoms with Crippen LogP contribution in [0.2, 0.25) is 0 Å². The molecule has 2 amide bonds. The minimum atomic E-state index is -0.894. The van der Waals surface area contributed by atoms with Gasteiger partial charge < -0.3 is 15.3 Å². The number of carboxylic acids is 1. The summed E-state index contributed by atoms with van der Waals surface area (Å²) < 4.78 is 0. The Morgan fingerprint density at radius 3 is 2.75 bits per heavy atom. The summed E-state index contributed by atoms with van der Waals surface area (Å²) in [5, 5.41) is 14.0. The predicted molar refractivity (Wildman–Crippen MR) is 104 cm³/mol. The van der Waals surface area contributed by atoms with Gasteiger partial charge in [-0.1, -0.05) is 18.2 Å². The maximum Gasteiger partial charge on any atom is 0.303 e. The van der Waals surface area contributed by atoms with Crippen LogP contribution in [0, 0.1) is 0 Å². The molecule has 1 aliphatic heterocycles. The van der Waals surface area contributed by atoms with E-state index in [2.05, 4.69) is 10.3 Å². The van der Waals surface area contributed by atoms with Crippen molar-refractivity contribution in [3.05, 3.63) is 42.2 Å². The Morgan fingerprint density at radius 2 is 2.04 bits per heavy atom. The molecule has 0 saturated carbocycles. The number of carbonyl (C=O) groups is 3. The van der Waals surface area contributed by atoms with Gasteiger partial charge in [0.1, 0.15) is 0 Å². The monoisotopic (exact) mass is 383 g/mol. The first-order valence-corrected chi connectivity index (χ1v) is 9.47. The third-order valence-electron chi connectivity index (χ3n) is 5.47. The van der Waals surface area contributed by atoms with Crippen LogP contribution in [0.4, 0.5) is 0 Å². The van der Waals surface area contributed by atoms with Gasteiger partial charge in [0.05, 0.1) is 0 Å². The van der Waals surface area contributed by atoms with Gasteiger partial charge in [-0.15, -0.1) is 0 Å². The normalized spacial score (nSPS) is 18.8. The van der Waals surface area contributed by atoms with Crippen molar-refractivity contribution in [3.63, 3.8) is 0 Å². The summed E-state index contributed by atoms with van der Waals surface area (Å²) in [4.78, 5) is 41.1. The molecule has 1 aliphatic rings. The minimum absolute atomic E-state index is 0.0195. The number of nitrogens with one attached hydrogen (secondary N) is 1. The third kappa shape index (κ3) is 4.65. The summed E-state index contributed by atoms with van der Waals surface area (Å²) in [6.45, 7) is 0.481. The van der Waals surface area contributed by atoms with E-state index in [4.69, 9.17) is 5.11 Å². The van der Waals surface area contributed by atoms with E-state index in [9.17, 15) is 14.4 Å². The fraction of sp³-hybridized carbons (Fsp3) is 0.429. The molecular formula is C21H25N3O4. The lowest BCUT2D eigenvalue weighted by Crippen LogP contribution is -2.43. The number of carbonyl (C=O) groups excluding carboxylic acids is 2. The largest absolute Gasteiger partial charge is 0.481 e. The van der Waals surface area contributed by atoms with Crippen LogP contribution in [0.5, 0.6) is 0 Å². The second kappa shape index (κ2) is 8.37. The van der Waals surface area contributed by atoms with Gasteiger partial charge in [0.25, 0.3) is 0 Å². The third-order valence-corrected chi connectivity index (χ3v) is 5.47. The number of rotatable bonds is 8. The molecule has 28 heavy (non-hydrogen) atoms. The predicted octanol–water partition coefficient (Wildman–Crippen LogP) is 2.49. The van der Waals surface area contributed by atoms with Crippen LogP contribution >= 0.6 is 0 Å². The molecule has 2 aromatic rings. The van der Waals surface area contributed by atoms with Gasteiger partial charge in [-0.05, 0) is 36.3 Å². The minimum Gasteiger partial charge on any atom is -0.481 e. The first-order valence-electron chi connectivity index (χ1n) is 9.47. The molecule has 0 spiro atoms. The zero-order valence-electron chi connectivity index (χ0n) is 16.0. The van der Waals surface area contributed by atoms with Crippen molar-refractivity contribution in [3.8, 4) is 0 Å². The van der Waals surface area contributed by atoms with Gasteiger partial charge in [-0.2, -0.15) is 0 Å². The van der Waals surface area contributed by atoms with Crippen LogP contribution in [0.15, 0.2) is 36.7 Å². The summed E-state index contributed by atoms with van der Waals surface area (Å²) >= 11 is 0. The number of fused-ring (bicyclic) bond motifs is 1. The van der Waals surface area contributed by atoms with Crippen LogP contribution < -0.4 is 5.32 Å². The standard InChI is InChI=1S/C21H25N3O4/c1-24(14-16-4-2-3-15-13-22-12-8-17(15)16)19(26)6-10-21(11-7-20(27)28)9-5-18(25)23-21/h2-4,8,12-13H,5-7,9-11,14H2,1H3,(H,23,25)(H,27,28)/t21-/m1/s1. The number of carboxylic acid groups (broad SMARTS) is 1. The molecule has 1 atom stereocenters. The van der Waals surface area contributed by atoms with Crippen molar-refractivity contribution in [2.24, 2.45) is 0 Å². The van der Waals surface area contributed by atoms with Crippen LogP contribution in [0.25, 0.3) is 10.8 Å². The van der Waals surface area contributed by atoms with E-state index in [1.807, 2.05) is 24.3 Å². The molecule has 3 rings (SSSR count). The summed E-state index contributed by atoms with van der Waals surface area (Å²) in [6, 6.07) is 7.88. The Hall–Kier alpha value is -2.96. The number of aliphatic carboxylic acids is 1. The SMILES string of the molecule is CN(Cc1cccc2cnccc12)C(=O)CC[C@@]1(CCC(=O)O)CCC(=O)N1. The Bertz CT molecular complexity index is 893. The topological polar surface area (TPSA) is 99.6 Å². The van der Waals surface area contributed by atoms with E-state index < -0.39 is 11.5 Å². The van der Waals surface area contributed by atoms with E-state index in [1.54, 1.807) is 24.3 Å². The molecule has 2 N–H and O–H groups in total. The molecule has 1 aromatic carbocycles. The molecular weight excluding hydrogens is 358 g/mol. The van der Waals surface area contributed by atoms with Gasteiger partial charge in [0, 0.05) is 56.2 Å². The van der Waals surface area contributed by atoms with Gasteiger partial charge >= 0.3 is 5.97 Å². The highest BCUT2D eigenvalue weighted by Crippen LogP contribution is 2.30. The molecule has 0 radical (unpaired) electrons. The molecule has 7 heteroatoms. The number of hydrogen-bond acceptors (Lipinski definition) is 4. The Balaban J connectivity index is 1.63. The first kappa shape index (κ1) is 19.8.